The van der Waals surface area contributed by atoms with Crippen LogP contribution in [0.3, 0.4) is 0 Å². The van der Waals surface area contributed by atoms with E-state index >= 15 is 0 Å². The lowest BCUT2D eigenvalue weighted by atomic mass is 10.1. The van der Waals surface area contributed by atoms with E-state index < -0.39 is 16.1 Å². The van der Waals surface area contributed by atoms with Crippen molar-refractivity contribution in [3.8, 4) is 0 Å². The third-order valence-electron chi connectivity index (χ3n) is 3.66. The first-order valence-corrected chi connectivity index (χ1v) is 8.66. The lowest BCUT2D eigenvalue weighted by molar-refractivity contribution is -0.124. The van der Waals surface area contributed by atoms with Crippen molar-refractivity contribution < 1.29 is 17.6 Å². The minimum absolute atomic E-state index is 0.305. The molecule has 5 nitrogen and oxygen atoms in total. The van der Waals surface area contributed by atoms with Crippen LogP contribution in [0.25, 0.3) is 0 Å². The summed E-state index contributed by atoms with van der Waals surface area (Å²) in [4.78, 5) is 12.3. The first-order chi connectivity index (χ1) is 9.79. The van der Waals surface area contributed by atoms with E-state index in [1.54, 1.807) is 19.1 Å². The second-order valence-electron chi connectivity index (χ2n) is 5.31. The molecule has 1 aliphatic heterocycles. The van der Waals surface area contributed by atoms with Crippen molar-refractivity contribution in [3.63, 3.8) is 0 Å². The summed E-state index contributed by atoms with van der Waals surface area (Å²) in [7, 11) is -3.38. The largest absolute Gasteiger partial charge is 0.348 e. The Hall–Kier alpha value is -1.47. The minimum Gasteiger partial charge on any atom is -0.348 e. The van der Waals surface area contributed by atoms with Gasteiger partial charge in [0.15, 0.2) is 0 Å². The highest BCUT2D eigenvalue weighted by Crippen LogP contribution is 2.22. The number of hydrogen-bond donors (Lipinski definition) is 1. The number of benzene rings is 1. The van der Waals surface area contributed by atoms with Crippen LogP contribution in [0.5, 0.6) is 0 Å². The molecule has 1 aliphatic rings. The molecule has 0 unspecified atom stereocenters. The van der Waals surface area contributed by atoms with Crippen LogP contribution in [0.2, 0.25) is 0 Å². The molecule has 0 bridgehead atoms. The molecule has 2 atom stereocenters. The number of nitrogens with zero attached hydrogens (tertiary/aromatic N) is 1. The number of carbonyl (C=O) groups excluding carboxylic acids is 1. The second-order valence-corrected chi connectivity index (χ2v) is 7.25. The van der Waals surface area contributed by atoms with Crippen LogP contribution in [0.1, 0.15) is 31.4 Å². The molecule has 0 aromatic heterocycles. The minimum atomic E-state index is -3.38. The van der Waals surface area contributed by atoms with Gasteiger partial charge < -0.3 is 5.32 Å². The Balaban J connectivity index is 2.05. The third-order valence-corrected chi connectivity index (χ3v) is 4.95. The predicted octanol–water partition coefficient (Wildman–Crippen LogP) is 1.43. The highest BCUT2D eigenvalue weighted by Gasteiger charge is 2.36. The van der Waals surface area contributed by atoms with Crippen molar-refractivity contribution in [2.24, 2.45) is 0 Å². The quantitative estimate of drug-likeness (QED) is 0.914. The molecule has 1 heterocycles. The Labute approximate surface area is 124 Å². The standard InChI is InChI=1S/C14H19FN2O3S/c1-10(11-5-7-12(15)8-6-11)16-14(18)13-4-3-9-17(13)21(2,19)20/h5-8,10,13H,3-4,9H2,1-2H3,(H,16,18)/t10-,13-/m1/s1. The second kappa shape index (κ2) is 6.11. The van der Waals surface area contributed by atoms with Crippen LogP contribution in [-0.2, 0) is 14.8 Å². The number of halogens is 1. The van der Waals surface area contributed by atoms with Gasteiger partial charge in [-0.2, -0.15) is 4.31 Å². The fourth-order valence-corrected chi connectivity index (χ4v) is 3.67. The number of hydrogen-bond acceptors (Lipinski definition) is 3. The zero-order chi connectivity index (χ0) is 15.6. The van der Waals surface area contributed by atoms with Crippen molar-refractivity contribution >= 4 is 15.9 Å². The van der Waals surface area contributed by atoms with Crippen LogP contribution in [0, 0.1) is 5.82 Å². The average Bonchev–Trinajstić information content (AvgIpc) is 2.88. The maximum Gasteiger partial charge on any atom is 0.238 e. The molecular formula is C14H19FN2O3S. The first-order valence-electron chi connectivity index (χ1n) is 6.81. The van der Waals surface area contributed by atoms with E-state index in [1.807, 2.05) is 0 Å². The van der Waals surface area contributed by atoms with Crippen LogP contribution < -0.4 is 5.32 Å². The summed E-state index contributed by atoms with van der Waals surface area (Å²) in [5.74, 6) is -0.647. The van der Waals surface area contributed by atoms with Gasteiger partial charge in [0.25, 0.3) is 0 Å². The van der Waals surface area contributed by atoms with Gasteiger partial charge in [-0.3, -0.25) is 4.79 Å². The molecule has 116 valence electrons. The Bertz CT molecular complexity index is 616. The maximum absolute atomic E-state index is 12.9. The van der Waals surface area contributed by atoms with Crippen LogP contribution in [-0.4, -0.2) is 37.5 Å². The summed E-state index contributed by atoms with van der Waals surface area (Å²) >= 11 is 0. The molecule has 1 saturated heterocycles. The van der Waals surface area contributed by atoms with Crippen molar-refractivity contribution in [1.29, 1.82) is 0 Å². The Morgan fingerprint density at radius 3 is 2.57 bits per heavy atom. The fourth-order valence-electron chi connectivity index (χ4n) is 2.54. The Morgan fingerprint density at radius 1 is 1.38 bits per heavy atom. The van der Waals surface area contributed by atoms with Crippen LogP contribution in [0.4, 0.5) is 4.39 Å². The summed E-state index contributed by atoms with van der Waals surface area (Å²) in [6.07, 6.45) is 2.31. The van der Waals surface area contributed by atoms with E-state index in [1.165, 1.54) is 16.4 Å². The van der Waals surface area contributed by atoms with Crippen molar-refractivity contribution in [1.82, 2.24) is 9.62 Å². The molecule has 1 aromatic carbocycles. The van der Waals surface area contributed by atoms with Crippen molar-refractivity contribution in [3.05, 3.63) is 35.6 Å². The molecule has 0 radical (unpaired) electrons. The van der Waals surface area contributed by atoms with E-state index in [2.05, 4.69) is 5.32 Å². The first kappa shape index (κ1) is 15.9. The number of nitrogens with one attached hydrogen (secondary N) is 1. The van der Waals surface area contributed by atoms with E-state index in [0.717, 1.165) is 11.8 Å². The zero-order valence-corrected chi connectivity index (χ0v) is 12.9. The molecule has 1 aromatic rings. The summed E-state index contributed by atoms with van der Waals surface area (Å²) < 4.78 is 37.4. The summed E-state index contributed by atoms with van der Waals surface area (Å²) in [5.41, 5.74) is 0.772. The maximum atomic E-state index is 12.9. The molecule has 0 saturated carbocycles. The van der Waals surface area contributed by atoms with Crippen LogP contribution in [0.15, 0.2) is 24.3 Å². The number of amides is 1. The number of carbonyl (C=O) groups is 1. The lowest BCUT2D eigenvalue weighted by Gasteiger charge is -2.23. The van der Waals surface area contributed by atoms with E-state index in [-0.39, 0.29) is 17.8 Å². The fraction of sp³-hybridized carbons (Fsp3) is 0.500. The summed E-state index contributed by atoms with van der Waals surface area (Å²) in [5, 5.41) is 2.79. The highest BCUT2D eigenvalue weighted by atomic mass is 32.2. The van der Waals surface area contributed by atoms with Crippen LogP contribution >= 0.6 is 0 Å². The average molecular weight is 314 g/mol. The summed E-state index contributed by atoms with van der Waals surface area (Å²) in [6, 6.07) is 4.90. The normalized spacial score (nSPS) is 21.2. The van der Waals surface area contributed by atoms with Gasteiger partial charge in [0.05, 0.1) is 12.3 Å². The van der Waals surface area contributed by atoms with E-state index in [9.17, 15) is 17.6 Å². The van der Waals surface area contributed by atoms with Gasteiger partial charge in [0.1, 0.15) is 11.9 Å². The monoisotopic (exact) mass is 314 g/mol. The molecule has 1 N–H and O–H groups in total. The molecule has 0 spiro atoms. The Morgan fingerprint density at radius 2 is 2.00 bits per heavy atom. The molecule has 1 fully saturated rings. The summed E-state index contributed by atoms with van der Waals surface area (Å²) in [6.45, 7) is 2.16. The van der Waals surface area contributed by atoms with Gasteiger partial charge in [-0.05, 0) is 37.5 Å². The van der Waals surface area contributed by atoms with Gasteiger partial charge in [0, 0.05) is 6.54 Å². The third kappa shape index (κ3) is 3.79. The smallest absolute Gasteiger partial charge is 0.238 e. The van der Waals surface area contributed by atoms with E-state index in [4.69, 9.17) is 0 Å². The molecule has 7 heteroatoms. The lowest BCUT2D eigenvalue weighted by Crippen LogP contribution is -2.46. The van der Waals surface area contributed by atoms with Gasteiger partial charge in [0.2, 0.25) is 15.9 Å². The number of rotatable bonds is 4. The molecule has 1 amide bonds. The van der Waals surface area contributed by atoms with Gasteiger partial charge >= 0.3 is 0 Å². The number of sulfonamides is 1. The topological polar surface area (TPSA) is 66.5 Å². The van der Waals surface area contributed by atoms with Crippen molar-refractivity contribution in [2.45, 2.75) is 31.8 Å². The molecule has 2 rings (SSSR count). The molecular weight excluding hydrogens is 295 g/mol. The molecule has 21 heavy (non-hydrogen) atoms. The zero-order valence-electron chi connectivity index (χ0n) is 12.0. The predicted molar refractivity (Wildman–Crippen MR) is 77.5 cm³/mol. The Kier molecular flexibility index (Phi) is 4.63. The SMILES string of the molecule is C[C@@H](NC(=O)[C@H]1CCCN1S(C)(=O)=O)c1ccc(F)cc1. The van der Waals surface area contributed by atoms with Gasteiger partial charge in [-0.15, -0.1) is 0 Å². The van der Waals surface area contributed by atoms with E-state index in [0.29, 0.717) is 19.4 Å². The van der Waals surface area contributed by atoms with Gasteiger partial charge in [-0.1, -0.05) is 12.1 Å². The highest BCUT2D eigenvalue weighted by molar-refractivity contribution is 7.88. The van der Waals surface area contributed by atoms with Gasteiger partial charge in [-0.25, -0.2) is 12.8 Å². The molecule has 0 aliphatic carbocycles. The van der Waals surface area contributed by atoms with Crippen molar-refractivity contribution in [2.75, 3.05) is 12.8 Å².